The van der Waals surface area contributed by atoms with E-state index in [1.165, 1.54) is 83.5 Å². The maximum absolute atomic E-state index is 12.8. The summed E-state index contributed by atoms with van der Waals surface area (Å²) >= 11 is 0. The molecule has 0 heterocycles. The molecule has 0 radical (unpaired) electrons. The van der Waals surface area contributed by atoms with Crippen molar-refractivity contribution in [2.24, 2.45) is 0 Å². The van der Waals surface area contributed by atoms with Crippen molar-refractivity contribution in [2.75, 3.05) is 19.8 Å². The highest BCUT2D eigenvalue weighted by molar-refractivity contribution is 5.70. The number of ether oxygens (including phenoxy) is 3. The highest BCUT2D eigenvalue weighted by Gasteiger charge is 2.17. The van der Waals surface area contributed by atoms with Crippen molar-refractivity contribution in [1.29, 1.82) is 0 Å². The third-order valence-electron chi connectivity index (χ3n) is 10.6. The molecule has 0 saturated heterocycles. The number of allylic oxidation sites excluding steroid dienone is 16. The van der Waals surface area contributed by atoms with Crippen LogP contribution in [0.25, 0.3) is 0 Å². The molecule has 0 N–H and O–H groups in total. The second-order valence-electron chi connectivity index (χ2n) is 16.7. The molecule has 0 aromatic heterocycles. The average Bonchev–Trinajstić information content (AvgIpc) is 3.27. The van der Waals surface area contributed by atoms with E-state index in [0.29, 0.717) is 19.4 Å². The molecule has 0 aliphatic heterocycles. The van der Waals surface area contributed by atoms with Crippen LogP contribution in [0.4, 0.5) is 0 Å². The first-order valence-corrected chi connectivity index (χ1v) is 25.8. The van der Waals surface area contributed by atoms with Crippen LogP contribution in [0, 0.1) is 0 Å². The van der Waals surface area contributed by atoms with E-state index in [-0.39, 0.29) is 25.2 Å². The van der Waals surface area contributed by atoms with E-state index in [0.717, 1.165) is 109 Å². The summed E-state index contributed by atoms with van der Waals surface area (Å²) < 4.78 is 17.4. The van der Waals surface area contributed by atoms with Crippen LogP contribution in [0.2, 0.25) is 0 Å². The van der Waals surface area contributed by atoms with Crippen molar-refractivity contribution < 1.29 is 23.8 Å². The van der Waals surface area contributed by atoms with E-state index in [1.54, 1.807) is 0 Å². The van der Waals surface area contributed by atoms with Gasteiger partial charge in [-0.3, -0.25) is 9.59 Å². The molecule has 1 unspecified atom stereocenters. The smallest absolute Gasteiger partial charge is 0.306 e. The summed E-state index contributed by atoms with van der Waals surface area (Å²) in [6.45, 7) is 7.52. The van der Waals surface area contributed by atoms with Gasteiger partial charge in [0.25, 0.3) is 0 Å². The summed E-state index contributed by atoms with van der Waals surface area (Å²) in [5.41, 5.74) is 0. The van der Waals surface area contributed by atoms with E-state index in [4.69, 9.17) is 14.2 Å². The summed E-state index contributed by atoms with van der Waals surface area (Å²) in [6, 6.07) is 0. The third-order valence-corrected chi connectivity index (χ3v) is 10.6. The molecular weight excluding hydrogens is 765 g/mol. The van der Waals surface area contributed by atoms with Crippen LogP contribution < -0.4 is 0 Å². The van der Waals surface area contributed by atoms with Crippen molar-refractivity contribution in [2.45, 2.75) is 232 Å². The van der Waals surface area contributed by atoms with Crippen molar-refractivity contribution in [1.82, 2.24) is 0 Å². The summed E-state index contributed by atoms with van der Waals surface area (Å²) in [5, 5.41) is 0. The van der Waals surface area contributed by atoms with Crippen LogP contribution >= 0.6 is 0 Å². The van der Waals surface area contributed by atoms with Crippen LogP contribution in [-0.4, -0.2) is 37.9 Å². The van der Waals surface area contributed by atoms with Crippen LogP contribution in [0.15, 0.2) is 97.2 Å². The number of unbranched alkanes of at least 4 members (excludes halogenated alkanes) is 19. The fraction of sp³-hybridized carbons (Fsp3) is 0.684. The van der Waals surface area contributed by atoms with E-state index < -0.39 is 6.10 Å². The lowest BCUT2D eigenvalue weighted by Gasteiger charge is -2.18. The van der Waals surface area contributed by atoms with Gasteiger partial charge in [0, 0.05) is 19.4 Å². The molecule has 0 amide bonds. The highest BCUT2D eigenvalue weighted by Crippen LogP contribution is 2.13. The van der Waals surface area contributed by atoms with Crippen LogP contribution in [0.5, 0.6) is 0 Å². The first kappa shape index (κ1) is 58.8. The first-order chi connectivity index (χ1) is 30.6. The Morgan fingerprint density at radius 1 is 0.371 bits per heavy atom. The van der Waals surface area contributed by atoms with Crippen molar-refractivity contribution in [3.05, 3.63) is 97.2 Å². The molecule has 5 nitrogen and oxygen atoms in total. The number of hydrogen-bond donors (Lipinski definition) is 0. The number of rotatable bonds is 46. The molecule has 0 aromatic rings. The van der Waals surface area contributed by atoms with Crippen molar-refractivity contribution in [3.8, 4) is 0 Å². The van der Waals surface area contributed by atoms with Gasteiger partial charge in [-0.05, 0) is 116 Å². The zero-order chi connectivity index (χ0) is 44.9. The lowest BCUT2D eigenvalue weighted by molar-refractivity contribution is -0.163. The van der Waals surface area contributed by atoms with Crippen LogP contribution in [0.3, 0.4) is 0 Å². The second-order valence-corrected chi connectivity index (χ2v) is 16.7. The largest absolute Gasteiger partial charge is 0.462 e. The summed E-state index contributed by atoms with van der Waals surface area (Å²) in [5.74, 6) is -0.445. The molecule has 0 aromatic carbocycles. The zero-order valence-electron chi connectivity index (χ0n) is 40.6. The van der Waals surface area contributed by atoms with Crippen molar-refractivity contribution >= 4 is 11.9 Å². The minimum atomic E-state index is -0.563. The molecule has 0 saturated carbocycles. The minimum absolute atomic E-state index is 0.0600. The van der Waals surface area contributed by atoms with E-state index in [2.05, 4.69) is 118 Å². The van der Waals surface area contributed by atoms with Crippen LogP contribution in [-0.2, 0) is 23.8 Å². The average molecular weight is 861 g/mol. The molecule has 5 heteroatoms. The van der Waals surface area contributed by atoms with Gasteiger partial charge in [-0.1, -0.05) is 195 Å². The molecular formula is C57H96O5. The summed E-state index contributed by atoms with van der Waals surface area (Å²) in [4.78, 5) is 25.4. The first-order valence-electron chi connectivity index (χ1n) is 25.8. The summed E-state index contributed by atoms with van der Waals surface area (Å²) in [6.07, 6.45) is 69.8. The Hall–Kier alpha value is -3.18. The van der Waals surface area contributed by atoms with Crippen LogP contribution in [0.1, 0.15) is 226 Å². The Morgan fingerprint density at radius 3 is 1.16 bits per heavy atom. The minimum Gasteiger partial charge on any atom is -0.462 e. The lowest BCUT2D eigenvalue weighted by Crippen LogP contribution is -2.30. The molecule has 354 valence electrons. The second kappa shape index (κ2) is 52.2. The number of hydrogen-bond acceptors (Lipinski definition) is 5. The number of esters is 2. The standard InChI is InChI=1S/C57H96O5/c1-4-7-10-13-16-19-22-25-28-31-34-37-40-43-46-49-52-60-53-55(62-57(59)51-48-45-42-39-36-33-30-27-24-21-18-15-12-9-6-3)54-61-56(58)50-47-44-41-38-35-32-29-26-23-20-17-14-11-8-5-2/h8-9,11-12,16-21,25-30,55H,4-7,10,13-15,22-24,31-54H2,1-3H3/b11-8-,12-9-,19-16-,20-17-,21-18-,28-25-,29-26-,30-27-. The molecule has 0 spiro atoms. The van der Waals surface area contributed by atoms with Gasteiger partial charge in [-0.15, -0.1) is 0 Å². The number of carbonyl (C=O) groups excluding carboxylic acids is 2. The maximum Gasteiger partial charge on any atom is 0.306 e. The molecule has 0 fully saturated rings. The van der Waals surface area contributed by atoms with Gasteiger partial charge < -0.3 is 14.2 Å². The predicted octanol–water partition coefficient (Wildman–Crippen LogP) is 17.5. The predicted molar refractivity (Wildman–Crippen MR) is 270 cm³/mol. The topological polar surface area (TPSA) is 61.8 Å². The van der Waals surface area contributed by atoms with Gasteiger partial charge in [0.05, 0.1) is 6.61 Å². The van der Waals surface area contributed by atoms with E-state index in [9.17, 15) is 9.59 Å². The van der Waals surface area contributed by atoms with Gasteiger partial charge >= 0.3 is 11.9 Å². The Bertz CT molecular complexity index is 1200. The Balaban J connectivity index is 4.36. The summed E-state index contributed by atoms with van der Waals surface area (Å²) in [7, 11) is 0. The van der Waals surface area contributed by atoms with Gasteiger partial charge in [-0.25, -0.2) is 0 Å². The Labute approximate surface area is 383 Å². The molecule has 0 rings (SSSR count). The molecule has 0 bridgehead atoms. The molecule has 62 heavy (non-hydrogen) atoms. The van der Waals surface area contributed by atoms with Crippen molar-refractivity contribution in [3.63, 3.8) is 0 Å². The van der Waals surface area contributed by atoms with Gasteiger partial charge in [0.2, 0.25) is 0 Å². The Kier molecular flexibility index (Phi) is 49.5. The maximum atomic E-state index is 12.8. The van der Waals surface area contributed by atoms with Gasteiger partial charge in [0.15, 0.2) is 6.10 Å². The van der Waals surface area contributed by atoms with E-state index >= 15 is 0 Å². The normalized spacial score (nSPS) is 13.0. The molecule has 1 atom stereocenters. The van der Waals surface area contributed by atoms with Gasteiger partial charge in [-0.2, -0.15) is 0 Å². The fourth-order valence-corrected chi connectivity index (χ4v) is 6.80. The highest BCUT2D eigenvalue weighted by atomic mass is 16.6. The van der Waals surface area contributed by atoms with Gasteiger partial charge in [0.1, 0.15) is 6.61 Å². The third kappa shape index (κ3) is 49.5. The Morgan fingerprint density at radius 2 is 0.726 bits per heavy atom. The molecule has 0 aliphatic rings. The monoisotopic (exact) mass is 861 g/mol. The SMILES string of the molecule is CC/C=C\C/C=C\C/C=C\CCCCCCCC(=O)OCC(COCCCCCCCC/C=C\C/C=C\CCCCC)OC(=O)CCCCCCC/C=C\C/C=C\C/C=C\CC. The zero-order valence-corrected chi connectivity index (χ0v) is 40.6. The quantitative estimate of drug-likeness (QED) is 0.0347. The van der Waals surface area contributed by atoms with E-state index in [1.807, 2.05) is 0 Å². The fourth-order valence-electron chi connectivity index (χ4n) is 6.80. The number of carbonyl (C=O) groups is 2. The lowest BCUT2D eigenvalue weighted by atomic mass is 10.1. The molecule has 0 aliphatic carbocycles.